The third-order valence-corrected chi connectivity index (χ3v) is 5.16. The second-order valence-corrected chi connectivity index (χ2v) is 7.60. The Morgan fingerprint density at radius 3 is 2.29 bits per heavy atom. The van der Waals surface area contributed by atoms with Gasteiger partial charge in [0.05, 0.1) is 5.92 Å². The molecule has 3 rings (SSSR count). The molecule has 11 heteroatoms. The molecule has 1 saturated heterocycles. The lowest BCUT2D eigenvalue weighted by atomic mass is 9.97. The van der Waals surface area contributed by atoms with E-state index in [-0.39, 0.29) is 18.1 Å². The number of alkyl halides is 3. The van der Waals surface area contributed by atoms with Crippen molar-refractivity contribution in [3.05, 3.63) is 60.2 Å². The summed E-state index contributed by atoms with van der Waals surface area (Å²) < 4.78 is 46.4. The lowest BCUT2D eigenvalue weighted by Gasteiger charge is -2.30. The van der Waals surface area contributed by atoms with Crippen molar-refractivity contribution in [2.75, 3.05) is 25.0 Å². The molecule has 2 aromatic carbocycles. The lowest BCUT2D eigenvalue weighted by Crippen LogP contribution is -2.43. The number of carbonyl (C=O) groups is 3. The number of nitrogens with one attached hydrogen (secondary N) is 2. The van der Waals surface area contributed by atoms with E-state index in [9.17, 15) is 27.6 Å². The van der Waals surface area contributed by atoms with Crippen LogP contribution in [0.4, 0.5) is 23.7 Å². The summed E-state index contributed by atoms with van der Waals surface area (Å²) in [5.41, 5.74) is 0.799. The minimum absolute atomic E-state index is 0.126. The topological polar surface area (TPSA) is 97.0 Å². The van der Waals surface area contributed by atoms with E-state index in [1.807, 2.05) is 18.2 Å². The van der Waals surface area contributed by atoms with Crippen LogP contribution in [0.5, 0.6) is 5.75 Å². The minimum Gasteiger partial charge on any atom is -0.455 e. The molecule has 1 aliphatic heterocycles. The second kappa shape index (κ2) is 11.4. The maximum Gasteiger partial charge on any atom is 0.573 e. The largest absolute Gasteiger partial charge is 0.573 e. The number of para-hydroxylation sites is 2. The molecule has 0 aliphatic carbocycles. The Kier molecular flexibility index (Phi) is 8.34. The zero-order valence-electron chi connectivity index (χ0n) is 18.1. The van der Waals surface area contributed by atoms with E-state index < -0.39 is 36.5 Å². The standard InChI is InChI=1S/C23H24F3N3O5/c24-23(25,26)34-19-9-5-4-6-17(19)14-27-20(30)15-33-21(31)16-10-12-29(13-11-16)22(32)28-18-7-2-1-3-8-18/h1-9,16H,10-15H2,(H,27,30)(H,28,32). The zero-order chi connectivity index (χ0) is 24.6. The Morgan fingerprint density at radius 1 is 0.971 bits per heavy atom. The number of nitrogens with zero attached hydrogens (tertiary/aromatic N) is 1. The molecule has 0 aromatic heterocycles. The van der Waals surface area contributed by atoms with Gasteiger partial charge in [0, 0.05) is 30.9 Å². The Morgan fingerprint density at radius 2 is 1.62 bits per heavy atom. The van der Waals surface area contributed by atoms with Crippen molar-refractivity contribution >= 4 is 23.6 Å². The highest BCUT2D eigenvalue weighted by atomic mass is 19.4. The number of likely N-dealkylation sites (tertiary alicyclic amines) is 1. The van der Waals surface area contributed by atoms with Crippen molar-refractivity contribution in [3.63, 3.8) is 0 Å². The van der Waals surface area contributed by atoms with Gasteiger partial charge in [-0.05, 0) is 31.0 Å². The molecule has 3 amide bonds. The molecule has 2 N–H and O–H groups in total. The van der Waals surface area contributed by atoms with Crippen LogP contribution < -0.4 is 15.4 Å². The molecule has 1 aliphatic rings. The van der Waals surface area contributed by atoms with Gasteiger partial charge in [-0.1, -0.05) is 36.4 Å². The van der Waals surface area contributed by atoms with Gasteiger partial charge >= 0.3 is 18.4 Å². The summed E-state index contributed by atoms with van der Waals surface area (Å²) in [4.78, 5) is 38.2. The SMILES string of the molecule is O=C(COC(=O)C1CCN(C(=O)Nc2ccccc2)CC1)NCc1ccccc1OC(F)(F)F. The number of benzene rings is 2. The number of rotatable bonds is 7. The zero-order valence-corrected chi connectivity index (χ0v) is 18.1. The molecule has 1 fully saturated rings. The number of ether oxygens (including phenoxy) is 2. The van der Waals surface area contributed by atoms with Crippen LogP contribution in [0.25, 0.3) is 0 Å². The molecule has 0 unspecified atom stereocenters. The van der Waals surface area contributed by atoms with Gasteiger partial charge in [-0.15, -0.1) is 13.2 Å². The smallest absolute Gasteiger partial charge is 0.455 e. The fraction of sp³-hybridized carbons (Fsp3) is 0.348. The first kappa shape index (κ1) is 24.9. The van der Waals surface area contributed by atoms with Gasteiger partial charge in [-0.2, -0.15) is 0 Å². The fourth-order valence-corrected chi connectivity index (χ4v) is 3.42. The van der Waals surface area contributed by atoms with E-state index in [0.29, 0.717) is 31.6 Å². The maximum atomic E-state index is 12.5. The van der Waals surface area contributed by atoms with Crippen LogP contribution in [-0.4, -0.2) is 48.9 Å². The number of esters is 1. The summed E-state index contributed by atoms with van der Waals surface area (Å²) in [6.07, 6.45) is -4.07. The highest BCUT2D eigenvalue weighted by Crippen LogP contribution is 2.26. The first-order valence-electron chi connectivity index (χ1n) is 10.6. The molecule has 0 spiro atoms. The van der Waals surface area contributed by atoms with Gasteiger partial charge < -0.3 is 25.0 Å². The second-order valence-electron chi connectivity index (χ2n) is 7.60. The Balaban J connectivity index is 1.38. The fourth-order valence-electron chi connectivity index (χ4n) is 3.42. The predicted octanol–water partition coefficient (Wildman–Crippen LogP) is 3.69. The van der Waals surface area contributed by atoms with Gasteiger partial charge in [0.1, 0.15) is 5.75 Å². The monoisotopic (exact) mass is 479 g/mol. The highest BCUT2D eigenvalue weighted by Gasteiger charge is 2.32. The third-order valence-electron chi connectivity index (χ3n) is 5.16. The summed E-state index contributed by atoms with van der Waals surface area (Å²) in [5, 5.41) is 5.19. The van der Waals surface area contributed by atoms with Crippen LogP contribution in [0.1, 0.15) is 18.4 Å². The highest BCUT2D eigenvalue weighted by molar-refractivity contribution is 5.89. The summed E-state index contributed by atoms with van der Waals surface area (Å²) in [6.45, 7) is -0.0609. The Hall–Kier alpha value is -3.76. The minimum atomic E-state index is -4.85. The van der Waals surface area contributed by atoms with Crippen molar-refractivity contribution in [2.45, 2.75) is 25.7 Å². The molecular formula is C23H24F3N3O5. The van der Waals surface area contributed by atoms with Gasteiger partial charge in [0.2, 0.25) is 0 Å². The van der Waals surface area contributed by atoms with E-state index >= 15 is 0 Å². The average Bonchev–Trinajstić information content (AvgIpc) is 2.81. The number of hydrogen-bond donors (Lipinski definition) is 2. The van der Waals surface area contributed by atoms with Crippen LogP contribution in [0.3, 0.4) is 0 Å². The third kappa shape index (κ3) is 7.68. The van der Waals surface area contributed by atoms with Crippen LogP contribution in [0.2, 0.25) is 0 Å². The number of halogens is 3. The molecule has 0 bridgehead atoms. The molecule has 1 heterocycles. The molecule has 0 saturated carbocycles. The molecule has 182 valence electrons. The number of urea groups is 1. The molecule has 34 heavy (non-hydrogen) atoms. The van der Waals surface area contributed by atoms with Crippen molar-refractivity contribution in [2.24, 2.45) is 5.92 Å². The first-order valence-corrected chi connectivity index (χ1v) is 10.6. The van der Waals surface area contributed by atoms with Crippen LogP contribution in [0, 0.1) is 5.92 Å². The first-order chi connectivity index (χ1) is 16.2. The summed E-state index contributed by atoms with van der Waals surface area (Å²) in [6, 6.07) is 14.2. The van der Waals surface area contributed by atoms with Gasteiger partial charge in [0.25, 0.3) is 5.91 Å². The molecule has 8 nitrogen and oxygen atoms in total. The normalized spacial score (nSPS) is 14.3. The number of carbonyl (C=O) groups excluding carboxylic acids is 3. The van der Waals surface area contributed by atoms with Crippen molar-refractivity contribution in [1.82, 2.24) is 10.2 Å². The van der Waals surface area contributed by atoms with Gasteiger partial charge in [-0.25, -0.2) is 4.79 Å². The van der Waals surface area contributed by atoms with Gasteiger partial charge in [-0.3, -0.25) is 9.59 Å². The van der Waals surface area contributed by atoms with Gasteiger partial charge in [0.15, 0.2) is 6.61 Å². The lowest BCUT2D eigenvalue weighted by molar-refractivity contribution is -0.274. The summed E-state index contributed by atoms with van der Waals surface area (Å²) in [5.74, 6) is -2.08. The summed E-state index contributed by atoms with van der Waals surface area (Å²) >= 11 is 0. The van der Waals surface area contributed by atoms with Crippen LogP contribution in [0.15, 0.2) is 54.6 Å². The molecule has 0 atom stereocenters. The Bertz CT molecular complexity index is 993. The number of hydrogen-bond acceptors (Lipinski definition) is 5. The van der Waals surface area contributed by atoms with Crippen molar-refractivity contribution < 1.29 is 37.0 Å². The molecular weight excluding hydrogens is 455 g/mol. The van der Waals surface area contributed by atoms with E-state index in [0.717, 1.165) is 6.07 Å². The Labute approximate surface area is 194 Å². The van der Waals surface area contributed by atoms with E-state index in [2.05, 4.69) is 15.4 Å². The van der Waals surface area contributed by atoms with Crippen molar-refractivity contribution in [3.8, 4) is 5.75 Å². The predicted molar refractivity (Wildman–Crippen MR) is 116 cm³/mol. The quantitative estimate of drug-likeness (QED) is 0.591. The number of piperidine rings is 1. The number of anilines is 1. The molecule has 0 radical (unpaired) electrons. The average molecular weight is 479 g/mol. The maximum absolute atomic E-state index is 12.5. The summed E-state index contributed by atoms with van der Waals surface area (Å²) in [7, 11) is 0. The van der Waals surface area contributed by atoms with Crippen molar-refractivity contribution in [1.29, 1.82) is 0 Å². The van der Waals surface area contributed by atoms with Crippen LogP contribution in [-0.2, 0) is 20.9 Å². The van der Waals surface area contributed by atoms with E-state index in [1.54, 1.807) is 17.0 Å². The molecule has 2 aromatic rings. The van der Waals surface area contributed by atoms with E-state index in [4.69, 9.17) is 4.74 Å². The van der Waals surface area contributed by atoms with Crippen LogP contribution >= 0.6 is 0 Å². The number of amides is 3. The van der Waals surface area contributed by atoms with E-state index in [1.165, 1.54) is 18.2 Å².